The van der Waals surface area contributed by atoms with Crippen molar-refractivity contribution in [2.24, 2.45) is 0 Å². The number of hydrogen-bond donors (Lipinski definition) is 0. The zero-order chi connectivity index (χ0) is 28.5. The highest BCUT2D eigenvalue weighted by molar-refractivity contribution is 7.90. The van der Waals surface area contributed by atoms with Gasteiger partial charge in [0, 0.05) is 18.3 Å². The third kappa shape index (κ3) is 6.50. The Morgan fingerprint density at radius 2 is 1.74 bits per heavy atom. The molecule has 0 bridgehead atoms. The van der Waals surface area contributed by atoms with E-state index in [1.807, 2.05) is 20.8 Å². The monoisotopic (exact) mass is 549 g/mol. The summed E-state index contributed by atoms with van der Waals surface area (Å²) in [7, 11) is -3.36. The van der Waals surface area contributed by atoms with Crippen LogP contribution in [0.25, 0.3) is 0 Å². The first-order valence-corrected chi connectivity index (χ1v) is 13.8. The van der Waals surface area contributed by atoms with E-state index < -0.39 is 45.6 Å². The molecule has 0 amide bonds. The molecule has 1 aliphatic heterocycles. The first-order valence-electron chi connectivity index (χ1n) is 12.4. The van der Waals surface area contributed by atoms with E-state index in [-0.39, 0.29) is 29.6 Å². The minimum Gasteiger partial charge on any atom is -0.468 e. The van der Waals surface area contributed by atoms with Gasteiger partial charge in [0.05, 0.1) is 19.0 Å². The average Bonchev–Trinajstić information content (AvgIpc) is 3.31. The van der Waals surface area contributed by atoms with Crippen LogP contribution >= 0.6 is 0 Å². The fraction of sp³-hybridized carbons (Fsp3) is 0.519. The number of nitrogens with zero attached hydrogens (tertiary/aromatic N) is 3. The molecule has 1 fully saturated rings. The van der Waals surface area contributed by atoms with Crippen molar-refractivity contribution < 1.29 is 31.9 Å². The molecule has 2 aromatic rings. The van der Waals surface area contributed by atoms with Crippen molar-refractivity contribution in [3.63, 3.8) is 0 Å². The molecule has 3 rings (SSSR count). The summed E-state index contributed by atoms with van der Waals surface area (Å²) in [6, 6.07) is 5.09. The lowest BCUT2D eigenvalue weighted by atomic mass is 9.87. The van der Waals surface area contributed by atoms with Crippen molar-refractivity contribution >= 4 is 27.8 Å². The minimum absolute atomic E-state index is 0.0171. The number of rotatable bonds is 7. The first kappa shape index (κ1) is 29.5. The van der Waals surface area contributed by atoms with Gasteiger partial charge in [-0.3, -0.25) is 9.78 Å². The highest BCUT2D eigenvalue weighted by atomic mass is 32.2. The van der Waals surface area contributed by atoms with Gasteiger partial charge in [-0.15, -0.1) is 0 Å². The number of anilines is 1. The lowest BCUT2D eigenvalue weighted by Gasteiger charge is -2.37. The highest BCUT2D eigenvalue weighted by Gasteiger charge is 2.47. The molecule has 208 valence electrons. The van der Waals surface area contributed by atoms with Gasteiger partial charge in [-0.05, 0) is 62.8 Å². The van der Waals surface area contributed by atoms with E-state index in [9.17, 15) is 22.4 Å². The number of aromatic nitrogens is 1. The predicted octanol–water partition coefficient (Wildman–Crippen LogP) is 4.29. The molecule has 0 N–H and O–H groups in total. The Morgan fingerprint density at radius 1 is 1.11 bits per heavy atom. The summed E-state index contributed by atoms with van der Waals surface area (Å²) < 4.78 is 55.4. The van der Waals surface area contributed by atoms with E-state index in [0.29, 0.717) is 6.42 Å². The Kier molecular flexibility index (Phi) is 8.52. The van der Waals surface area contributed by atoms with Crippen LogP contribution in [0.15, 0.2) is 42.7 Å². The molecule has 0 saturated carbocycles. The van der Waals surface area contributed by atoms with Gasteiger partial charge in [0.1, 0.15) is 17.5 Å². The molecule has 0 radical (unpaired) electrons. The molecule has 2 atom stereocenters. The maximum atomic E-state index is 14.3. The fourth-order valence-electron chi connectivity index (χ4n) is 4.33. The Morgan fingerprint density at radius 3 is 2.26 bits per heavy atom. The van der Waals surface area contributed by atoms with Crippen LogP contribution in [0.4, 0.5) is 10.1 Å². The number of esters is 2. The minimum atomic E-state index is -4.55. The molecule has 1 unspecified atom stereocenters. The zero-order valence-electron chi connectivity index (χ0n) is 22.9. The second-order valence-electron chi connectivity index (χ2n) is 11.3. The summed E-state index contributed by atoms with van der Waals surface area (Å²) in [5.74, 6) is -2.36. The number of pyridine rings is 1. The summed E-state index contributed by atoms with van der Waals surface area (Å²) in [6.07, 6.45) is 2.88. The third-order valence-corrected chi connectivity index (χ3v) is 8.06. The second-order valence-corrected chi connectivity index (χ2v) is 13.0. The molecule has 0 aliphatic carbocycles. The van der Waals surface area contributed by atoms with E-state index >= 15 is 0 Å². The van der Waals surface area contributed by atoms with Crippen LogP contribution in [-0.2, 0) is 34.7 Å². The van der Waals surface area contributed by atoms with Crippen molar-refractivity contribution in [3.05, 3.63) is 59.7 Å². The fourth-order valence-corrected chi connectivity index (χ4v) is 6.29. The SMILES string of the molecule is COC(=O)[C@H]1CCCN1S(=O)(=O)N(c1ccc(C(C)(C)C)cc1)C(C(=O)OC(C)(C)C)c1cncc(F)c1. The molecule has 0 spiro atoms. The normalized spacial score (nSPS) is 17.6. The van der Waals surface area contributed by atoms with E-state index in [4.69, 9.17) is 9.47 Å². The smallest absolute Gasteiger partial charge is 0.335 e. The lowest BCUT2D eigenvalue weighted by Crippen LogP contribution is -2.52. The number of methoxy groups -OCH3 is 1. The van der Waals surface area contributed by atoms with Gasteiger partial charge in [-0.2, -0.15) is 12.7 Å². The van der Waals surface area contributed by atoms with Crippen LogP contribution in [-0.4, -0.2) is 54.9 Å². The Hall–Kier alpha value is -3.05. The first-order chi connectivity index (χ1) is 17.6. The molecular formula is C27H36FN3O6S. The maximum Gasteiger partial charge on any atom is 0.335 e. The topological polar surface area (TPSA) is 106 Å². The van der Waals surface area contributed by atoms with Gasteiger partial charge in [0.25, 0.3) is 0 Å². The van der Waals surface area contributed by atoms with Crippen LogP contribution in [0.1, 0.15) is 71.6 Å². The van der Waals surface area contributed by atoms with Gasteiger partial charge in [0.15, 0.2) is 6.04 Å². The molecule has 11 heteroatoms. The number of carbonyl (C=O) groups is 2. The van der Waals surface area contributed by atoms with Gasteiger partial charge >= 0.3 is 22.1 Å². The van der Waals surface area contributed by atoms with Crippen molar-refractivity contribution in [3.8, 4) is 0 Å². The van der Waals surface area contributed by atoms with Crippen molar-refractivity contribution in [2.45, 2.75) is 77.5 Å². The Balaban J connectivity index is 2.27. The summed E-state index contributed by atoms with van der Waals surface area (Å²) in [5.41, 5.74) is -0.118. The number of ether oxygens (including phenoxy) is 2. The van der Waals surface area contributed by atoms with Gasteiger partial charge < -0.3 is 9.47 Å². The largest absolute Gasteiger partial charge is 0.468 e. The summed E-state index contributed by atoms with van der Waals surface area (Å²) >= 11 is 0. The van der Waals surface area contributed by atoms with E-state index in [0.717, 1.165) is 26.4 Å². The second kappa shape index (κ2) is 11.0. The molecule has 2 heterocycles. The standard InChI is InChI=1S/C27H36FN3O6S/c1-26(2,3)19-10-12-21(13-11-19)31(38(34,35)30-14-8-9-22(30)24(32)36-7)23(25(33)37-27(4,5)6)18-15-20(28)17-29-16-18/h10-13,15-17,22-23H,8-9,14H2,1-7H3/t22-,23?/m1/s1. The Labute approximate surface area is 224 Å². The molecule has 38 heavy (non-hydrogen) atoms. The Bertz CT molecular complexity index is 1270. The van der Waals surface area contributed by atoms with Crippen LogP contribution in [0, 0.1) is 5.82 Å². The molecule has 1 aromatic carbocycles. The van der Waals surface area contributed by atoms with Crippen molar-refractivity contribution in [2.75, 3.05) is 18.0 Å². The number of halogens is 1. The molecule has 1 aliphatic rings. The zero-order valence-corrected chi connectivity index (χ0v) is 23.7. The third-order valence-electron chi connectivity index (χ3n) is 6.12. The number of hydrogen-bond acceptors (Lipinski definition) is 7. The van der Waals surface area contributed by atoms with E-state index in [1.165, 1.54) is 13.3 Å². The molecular weight excluding hydrogens is 513 g/mol. The number of carbonyl (C=O) groups excluding carboxylic acids is 2. The van der Waals surface area contributed by atoms with Crippen LogP contribution in [0.5, 0.6) is 0 Å². The summed E-state index contributed by atoms with van der Waals surface area (Å²) in [4.78, 5) is 30.0. The molecule has 9 nitrogen and oxygen atoms in total. The van der Waals surface area contributed by atoms with Gasteiger partial charge in [-0.1, -0.05) is 32.9 Å². The number of benzene rings is 1. The molecule has 1 aromatic heterocycles. The van der Waals surface area contributed by atoms with Crippen LogP contribution in [0.2, 0.25) is 0 Å². The highest BCUT2D eigenvalue weighted by Crippen LogP contribution is 2.37. The summed E-state index contributed by atoms with van der Waals surface area (Å²) in [5, 5.41) is 0. The van der Waals surface area contributed by atoms with Crippen LogP contribution in [0.3, 0.4) is 0 Å². The quantitative estimate of drug-likeness (QED) is 0.475. The predicted molar refractivity (Wildman–Crippen MR) is 141 cm³/mol. The lowest BCUT2D eigenvalue weighted by molar-refractivity contribution is -0.156. The van der Waals surface area contributed by atoms with E-state index in [1.54, 1.807) is 45.0 Å². The van der Waals surface area contributed by atoms with Crippen molar-refractivity contribution in [1.29, 1.82) is 0 Å². The average molecular weight is 550 g/mol. The van der Waals surface area contributed by atoms with Gasteiger partial charge in [-0.25, -0.2) is 13.5 Å². The molecule has 1 saturated heterocycles. The van der Waals surface area contributed by atoms with Gasteiger partial charge in [0.2, 0.25) is 0 Å². The van der Waals surface area contributed by atoms with Crippen molar-refractivity contribution in [1.82, 2.24) is 9.29 Å². The summed E-state index contributed by atoms with van der Waals surface area (Å²) in [6.45, 7) is 11.0. The maximum absolute atomic E-state index is 14.3. The van der Waals surface area contributed by atoms with Crippen LogP contribution < -0.4 is 4.31 Å². The van der Waals surface area contributed by atoms with E-state index in [2.05, 4.69) is 4.98 Å².